The minimum absolute atomic E-state index is 0.182. The first-order chi connectivity index (χ1) is 12.1. The molecule has 132 valence electrons. The summed E-state index contributed by atoms with van der Waals surface area (Å²) in [6, 6.07) is 6.71. The van der Waals surface area contributed by atoms with Crippen LogP contribution in [0.4, 0.5) is 0 Å². The van der Waals surface area contributed by atoms with E-state index in [1.54, 1.807) is 0 Å². The molecule has 4 nitrogen and oxygen atoms in total. The molecule has 2 aliphatic rings. The van der Waals surface area contributed by atoms with E-state index < -0.39 is 0 Å². The maximum Gasteiger partial charge on any atom is 0.125 e. The van der Waals surface area contributed by atoms with Gasteiger partial charge in [-0.15, -0.1) is 0 Å². The van der Waals surface area contributed by atoms with Gasteiger partial charge in [0, 0.05) is 42.1 Å². The summed E-state index contributed by atoms with van der Waals surface area (Å²) in [5, 5.41) is 0.801. The van der Waals surface area contributed by atoms with Crippen LogP contribution in [-0.4, -0.2) is 34.1 Å². The summed E-state index contributed by atoms with van der Waals surface area (Å²) in [5.74, 6) is 0.818. The molecule has 1 aromatic heterocycles. The van der Waals surface area contributed by atoms with Crippen molar-refractivity contribution in [2.24, 2.45) is 0 Å². The van der Waals surface area contributed by atoms with Gasteiger partial charge in [0.25, 0.3) is 0 Å². The minimum Gasteiger partial charge on any atom is -0.370 e. The smallest absolute Gasteiger partial charge is 0.125 e. The first-order valence-corrected chi connectivity index (χ1v) is 9.38. The summed E-state index contributed by atoms with van der Waals surface area (Å²) < 4.78 is 6.36. The molecule has 1 saturated heterocycles. The fraction of sp³-hybridized carbons (Fsp3) is 0.500. The van der Waals surface area contributed by atoms with E-state index in [4.69, 9.17) is 16.3 Å². The molecule has 0 N–H and O–H groups in total. The van der Waals surface area contributed by atoms with E-state index >= 15 is 0 Å². The number of halogens is 1. The van der Waals surface area contributed by atoms with E-state index in [1.165, 1.54) is 16.7 Å². The molecule has 0 unspecified atom stereocenters. The van der Waals surface area contributed by atoms with Crippen molar-refractivity contribution in [2.45, 2.75) is 51.3 Å². The predicted molar refractivity (Wildman–Crippen MR) is 98.7 cm³/mol. The lowest BCUT2D eigenvalue weighted by molar-refractivity contribution is -0.113. The number of piperidine rings is 1. The Balaban J connectivity index is 1.54. The molecule has 0 radical (unpaired) electrons. The Morgan fingerprint density at radius 1 is 1.32 bits per heavy atom. The maximum absolute atomic E-state index is 6.36. The lowest BCUT2D eigenvalue weighted by Gasteiger charge is -2.48. The molecule has 0 aliphatic carbocycles. The highest BCUT2D eigenvalue weighted by atomic mass is 35.5. The van der Waals surface area contributed by atoms with Crippen molar-refractivity contribution >= 4 is 11.6 Å². The number of aryl methyl sites for hydroxylation is 1. The van der Waals surface area contributed by atoms with Crippen LogP contribution < -0.4 is 0 Å². The quantitative estimate of drug-likeness (QED) is 0.817. The molecule has 2 aromatic rings. The van der Waals surface area contributed by atoms with Gasteiger partial charge in [0.05, 0.1) is 12.2 Å². The first-order valence-electron chi connectivity index (χ1n) is 9.00. The second kappa shape index (κ2) is 6.67. The van der Waals surface area contributed by atoms with Crippen LogP contribution in [0.2, 0.25) is 5.02 Å². The van der Waals surface area contributed by atoms with Gasteiger partial charge in [-0.2, -0.15) is 0 Å². The van der Waals surface area contributed by atoms with Gasteiger partial charge in [-0.25, -0.2) is 9.97 Å². The molecule has 1 aromatic carbocycles. The number of nitrogens with zero attached hydrogens (tertiary/aromatic N) is 3. The van der Waals surface area contributed by atoms with Gasteiger partial charge in [-0.3, -0.25) is 4.90 Å². The Morgan fingerprint density at radius 2 is 2.12 bits per heavy atom. The number of aromatic nitrogens is 2. The largest absolute Gasteiger partial charge is 0.370 e. The van der Waals surface area contributed by atoms with Crippen LogP contribution >= 0.6 is 11.6 Å². The fourth-order valence-electron chi connectivity index (χ4n) is 4.22. The zero-order valence-corrected chi connectivity index (χ0v) is 15.6. The molecular weight excluding hydrogens is 334 g/mol. The monoisotopic (exact) mass is 357 g/mol. The molecule has 0 bridgehead atoms. The third-order valence-corrected chi connectivity index (χ3v) is 5.82. The summed E-state index contributed by atoms with van der Waals surface area (Å²) in [5.41, 5.74) is 3.68. The molecule has 2 atom stereocenters. The number of fused-ring (bicyclic) bond motifs is 2. The van der Waals surface area contributed by atoms with Gasteiger partial charge in [0.1, 0.15) is 5.82 Å². The summed E-state index contributed by atoms with van der Waals surface area (Å²) in [4.78, 5) is 11.1. The van der Waals surface area contributed by atoms with Gasteiger partial charge in [-0.1, -0.05) is 17.7 Å². The Labute approximate surface area is 154 Å². The molecule has 0 saturated carbocycles. The molecule has 2 aliphatic heterocycles. The Hall–Kier alpha value is -1.49. The highest BCUT2D eigenvalue weighted by Crippen LogP contribution is 2.44. The van der Waals surface area contributed by atoms with Crippen LogP contribution in [0, 0.1) is 6.92 Å². The Bertz CT molecular complexity index is 764. The molecule has 1 fully saturated rings. The third-order valence-electron chi connectivity index (χ3n) is 5.58. The summed E-state index contributed by atoms with van der Waals surface area (Å²) >= 11 is 6.28. The average Bonchev–Trinajstić information content (AvgIpc) is 2.60. The van der Waals surface area contributed by atoms with Crippen molar-refractivity contribution in [3.8, 4) is 0 Å². The summed E-state index contributed by atoms with van der Waals surface area (Å²) in [6.07, 6.45) is 6.84. The van der Waals surface area contributed by atoms with E-state index in [2.05, 4.69) is 33.9 Å². The number of hydrogen-bond donors (Lipinski definition) is 0. The molecule has 5 heteroatoms. The normalized spacial score (nSPS) is 26.6. The number of likely N-dealkylation sites (tertiary alicyclic amines) is 1. The van der Waals surface area contributed by atoms with Gasteiger partial charge in [0.15, 0.2) is 0 Å². The van der Waals surface area contributed by atoms with Crippen LogP contribution in [0.25, 0.3) is 0 Å². The number of benzene rings is 1. The number of ether oxygens (including phenoxy) is 1. The standard InChI is InChI=1S/C20H24ClN3O/c1-14-10-20(19-9-18(21)4-3-17(19)5-8-25-20)6-7-24(14)13-16-11-22-15(2)23-12-16/h3-4,9,11-12,14H,5-8,10,13H2,1-2H3/t14-,20+/m0/s1. The van der Waals surface area contributed by atoms with E-state index in [1.807, 2.05) is 25.4 Å². The topological polar surface area (TPSA) is 38.2 Å². The molecule has 1 spiro atoms. The van der Waals surface area contributed by atoms with Crippen LogP contribution in [0.3, 0.4) is 0 Å². The molecule has 4 rings (SSSR count). The van der Waals surface area contributed by atoms with Crippen molar-refractivity contribution < 1.29 is 4.74 Å². The van der Waals surface area contributed by atoms with Crippen molar-refractivity contribution in [1.82, 2.24) is 14.9 Å². The maximum atomic E-state index is 6.36. The second-order valence-corrected chi connectivity index (χ2v) is 7.74. The lowest BCUT2D eigenvalue weighted by Crippen LogP contribution is -2.50. The average molecular weight is 358 g/mol. The minimum atomic E-state index is -0.182. The van der Waals surface area contributed by atoms with Crippen molar-refractivity contribution in [3.05, 3.63) is 58.1 Å². The SMILES string of the molecule is Cc1ncc(CN2CC[C@]3(C[C@@H]2C)OCCc2ccc(Cl)cc23)cn1. The van der Waals surface area contributed by atoms with Crippen molar-refractivity contribution in [3.63, 3.8) is 0 Å². The number of hydrogen-bond acceptors (Lipinski definition) is 4. The van der Waals surface area contributed by atoms with Gasteiger partial charge < -0.3 is 4.74 Å². The Kier molecular flexibility index (Phi) is 4.52. The van der Waals surface area contributed by atoms with Crippen molar-refractivity contribution in [2.75, 3.05) is 13.2 Å². The van der Waals surface area contributed by atoms with E-state index in [0.717, 1.165) is 49.8 Å². The molecule has 25 heavy (non-hydrogen) atoms. The van der Waals surface area contributed by atoms with E-state index in [9.17, 15) is 0 Å². The van der Waals surface area contributed by atoms with Gasteiger partial charge in [0.2, 0.25) is 0 Å². The second-order valence-electron chi connectivity index (χ2n) is 7.31. The van der Waals surface area contributed by atoms with Crippen LogP contribution in [0.5, 0.6) is 0 Å². The molecule has 0 amide bonds. The van der Waals surface area contributed by atoms with Gasteiger partial charge in [-0.05, 0) is 56.4 Å². The zero-order valence-electron chi connectivity index (χ0n) is 14.8. The zero-order chi connectivity index (χ0) is 17.4. The van der Waals surface area contributed by atoms with E-state index in [0.29, 0.717) is 6.04 Å². The van der Waals surface area contributed by atoms with Gasteiger partial charge >= 0.3 is 0 Å². The molecular formula is C20H24ClN3O. The van der Waals surface area contributed by atoms with Crippen LogP contribution in [0.15, 0.2) is 30.6 Å². The predicted octanol–water partition coefficient (Wildman–Crippen LogP) is 3.89. The highest BCUT2D eigenvalue weighted by molar-refractivity contribution is 6.30. The molecule has 3 heterocycles. The Morgan fingerprint density at radius 3 is 2.88 bits per heavy atom. The van der Waals surface area contributed by atoms with Crippen LogP contribution in [-0.2, 0) is 23.3 Å². The number of rotatable bonds is 2. The van der Waals surface area contributed by atoms with Crippen LogP contribution in [0.1, 0.15) is 42.3 Å². The van der Waals surface area contributed by atoms with E-state index in [-0.39, 0.29) is 5.60 Å². The van der Waals surface area contributed by atoms with Crippen molar-refractivity contribution in [1.29, 1.82) is 0 Å². The summed E-state index contributed by atoms with van der Waals surface area (Å²) in [7, 11) is 0. The fourth-order valence-corrected chi connectivity index (χ4v) is 4.40. The third kappa shape index (κ3) is 3.31. The highest BCUT2D eigenvalue weighted by Gasteiger charge is 2.43. The lowest BCUT2D eigenvalue weighted by atomic mass is 9.77. The summed E-state index contributed by atoms with van der Waals surface area (Å²) in [6.45, 7) is 6.90. The first kappa shape index (κ1) is 17.0.